The van der Waals surface area contributed by atoms with Gasteiger partial charge in [-0.05, 0) is 43.0 Å². The quantitative estimate of drug-likeness (QED) is 0.714. The van der Waals surface area contributed by atoms with Gasteiger partial charge in [0.2, 0.25) is 0 Å². The number of benzene rings is 1. The van der Waals surface area contributed by atoms with Gasteiger partial charge >= 0.3 is 0 Å². The second kappa shape index (κ2) is 7.39. The van der Waals surface area contributed by atoms with Crippen LogP contribution >= 0.6 is 0 Å². The van der Waals surface area contributed by atoms with Gasteiger partial charge in [0.1, 0.15) is 11.6 Å². The van der Waals surface area contributed by atoms with E-state index < -0.39 is 0 Å². The Labute approximate surface area is 158 Å². The maximum absolute atomic E-state index is 14.4. The first kappa shape index (κ1) is 17.5. The molecule has 0 spiro atoms. The molecule has 6 heteroatoms. The van der Waals surface area contributed by atoms with Gasteiger partial charge in [-0.3, -0.25) is 0 Å². The molecule has 3 aromatic rings. The van der Waals surface area contributed by atoms with Crippen molar-refractivity contribution in [1.82, 2.24) is 19.5 Å². The molecule has 1 N–H and O–H groups in total. The number of likely N-dealkylation sites (tertiary alicyclic amines) is 1. The molecule has 1 saturated heterocycles. The van der Waals surface area contributed by atoms with E-state index in [9.17, 15) is 4.39 Å². The first-order chi connectivity index (χ1) is 13.2. The molecule has 0 unspecified atom stereocenters. The molecule has 5 nitrogen and oxygen atoms in total. The fourth-order valence-corrected chi connectivity index (χ4v) is 3.54. The second-order valence-corrected chi connectivity index (χ2v) is 6.89. The molecule has 2 aromatic heterocycles. The van der Waals surface area contributed by atoms with E-state index in [4.69, 9.17) is 0 Å². The van der Waals surface area contributed by atoms with Gasteiger partial charge in [-0.25, -0.2) is 13.9 Å². The minimum absolute atomic E-state index is 0.255. The molecule has 4 rings (SSSR count). The summed E-state index contributed by atoms with van der Waals surface area (Å²) in [4.78, 5) is 6.98. The second-order valence-electron chi connectivity index (χ2n) is 6.89. The molecular weight excluding hydrogens is 341 g/mol. The van der Waals surface area contributed by atoms with Crippen molar-refractivity contribution < 1.29 is 4.39 Å². The summed E-state index contributed by atoms with van der Waals surface area (Å²) in [6.07, 6.45) is 6.66. The van der Waals surface area contributed by atoms with Crippen LogP contribution in [-0.2, 0) is 6.42 Å². The molecule has 3 heterocycles. The van der Waals surface area contributed by atoms with Crippen LogP contribution in [0, 0.1) is 5.82 Å². The Balaban J connectivity index is 1.57. The fourth-order valence-electron chi connectivity index (χ4n) is 3.54. The van der Waals surface area contributed by atoms with E-state index in [1.807, 2.05) is 24.4 Å². The van der Waals surface area contributed by atoms with Crippen LogP contribution in [0.15, 0.2) is 48.9 Å². The molecule has 0 atom stereocenters. The molecule has 1 aliphatic heterocycles. The number of fused-ring (bicyclic) bond motifs is 1. The van der Waals surface area contributed by atoms with Crippen LogP contribution in [0.25, 0.3) is 16.8 Å². The van der Waals surface area contributed by atoms with Gasteiger partial charge in [0.15, 0.2) is 5.65 Å². The molecule has 1 fully saturated rings. The molecular formula is C21H24FN5. The summed E-state index contributed by atoms with van der Waals surface area (Å²) >= 11 is 0. The number of rotatable bonds is 6. The van der Waals surface area contributed by atoms with Crippen LogP contribution in [0.1, 0.15) is 25.3 Å². The summed E-state index contributed by atoms with van der Waals surface area (Å²) in [6, 6.07) is 7.11. The highest BCUT2D eigenvalue weighted by molar-refractivity contribution is 5.78. The molecule has 0 aliphatic carbocycles. The van der Waals surface area contributed by atoms with Crippen LogP contribution in [0.2, 0.25) is 0 Å². The van der Waals surface area contributed by atoms with Crippen molar-refractivity contribution in [1.29, 1.82) is 0 Å². The average Bonchev–Trinajstić information content (AvgIpc) is 3.28. The lowest BCUT2D eigenvalue weighted by Crippen LogP contribution is -2.24. The highest BCUT2D eigenvalue weighted by Crippen LogP contribution is 2.28. The molecule has 1 aromatic carbocycles. The van der Waals surface area contributed by atoms with Crippen LogP contribution in [0.3, 0.4) is 0 Å². The minimum Gasteiger partial charge on any atom is -0.374 e. The van der Waals surface area contributed by atoms with Gasteiger partial charge < -0.3 is 10.2 Å². The van der Waals surface area contributed by atoms with Gasteiger partial charge in [-0.1, -0.05) is 19.6 Å². The first-order valence-electron chi connectivity index (χ1n) is 9.45. The Morgan fingerprint density at radius 1 is 1.26 bits per heavy atom. The maximum Gasteiger partial charge on any atom is 0.165 e. The van der Waals surface area contributed by atoms with Gasteiger partial charge in [-0.15, -0.1) is 0 Å². The van der Waals surface area contributed by atoms with Crippen molar-refractivity contribution in [3.63, 3.8) is 0 Å². The van der Waals surface area contributed by atoms with Crippen molar-refractivity contribution in [2.24, 2.45) is 0 Å². The monoisotopic (exact) mass is 365 g/mol. The number of nitrogens with one attached hydrogen (secondary N) is 1. The largest absolute Gasteiger partial charge is 0.374 e. The molecule has 1 aliphatic rings. The van der Waals surface area contributed by atoms with E-state index >= 15 is 0 Å². The lowest BCUT2D eigenvalue weighted by Gasteiger charge is -2.19. The molecule has 0 amide bonds. The zero-order valence-electron chi connectivity index (χ0n) is 15.6. The molecule has 0 bridgehead atoms. The summed E-state index contributed by atoms with van der Waals surface area (Å²) in [7, 11) is 0. The SMILES string of the molecule is C=C1CCCN1CCNc1ccn2ncc(-c3cc(CC)ccc3F)c2n1. The van der Waals surface area contributed by atoms with Crippen molar-refractivity contribution in [3.8, 4) is 11.1 Å². The lowest BCUT2D eigenvalue weighted by molar-refractivity contribution is 0.409. The highest BCUT2D eigenvalue weighted by atomic mass is 19.1. The third kappa shape index (κ3) is 3.52. The van der Waals surface area contributed by atoms with E-state index in [1.165, 1.54) is 18.2 Å². The number of anilines is 1. The predicted molar refractivity (Wildman–Crippen MR) is 106 cm³/mol. The Morgan fingerprint density at radius 2 is 2.15 bits per heavy atom. The number of halogens is 1. The van der Waals surface area contributed by atoms with E-state index in [1.54, 1.807) is 10.7 Å². The van der Waals surface area contributed by atoms with Crippen LogP contribution in [0.4, 0.5) is 10.2 Å². The fraction of sp³-hybridized carbons (Fsp3) is 0.333. The van der Waals surface area contributed by atoms with E-state index in [0.717, 1.165) is 43.9 Å². The van der Waals surface area contributed by atoms with Crippen LogP contribution in [0.5, 0.6) is 0 Å². The summed E-state index contributed by atoms with van der Waals surface area (Å²) in [5.41, 5.74) is 4.20. The first-order valence-corrected chi connectivity index (χ1v) is 9.45. The number of hydrogen-bond donors (Lipinski definition) is 1. The van der Waals surface area contributed by atoms with Gasteiger partial charge in [0, 0.05) is 42.7 Å². The highest BCUT2D eigenvalue weighted by Gasteiger charge is 2.15. The number of aryl methyl sites for hydroxylation is 1. The normalized spacial score (nSPS) is 14.3. The van der Waals surface area contributed by atoms with E-state index in [2.05, 4.69) is 33.8 Å². The summed E-state index contributed by atoms with van der Waals surface area (Å²) < 4.78 is 16.1. The molecule has 0 saturated carbocycles. The van der Waals surface area contributed by atoms with Gasteiger partial charge in [-0.2, -0.15) is 5.10 Å². The average molecular weight is 365 g/mol. The summed E-state index contributed by atoms with van der Waals surface area (Å²) in [6.45, 7) is 8.92. The standard InChI is InChI=1S/C21H24FN5/c1-3-16-6-7-19(22)17(13-16)18-14-24-27-11-8-20(25-21(18)27)23-9-12-26-10-4-5-15(26)2/h6-8,11,13-14H,2-5,9-10,12H2,1H3,(H,23,25). The van der Waals surface area contributed by atoms with Crippen LogP contribution < -0.4 is 5.32 Å². The third-order valence-electron chi connectivity index (χ3n) is 5.13. The van der Waals surface area contributed by atoms with Crippen molar-refractivity contribution in [3.05, 3.63) is 60.3 Å². The topological polar surface area (TPSA) is 45.5 Å². The Hall–Kier alpha value is -2.89. The Morgan fingerprint density at radius 3 is 2.93 bits per heavy atom. The van der Waals surface area contributed by atoms with Crippen LogP contribution in [-0.4, -0.2) is 39.1 Å². The van der Waals surface area contributed by atoms with Gasteiger partial charge in [0.25, 0.3) is 0 Å². The van der Waals surface area contributed by atoms with Gasteiger partial charge in [0.05, 0.1) is 6.20 Å². The zero-order valence-corrected chi connectivity index (χ0v) is 15.6. The summed E-state index contributed by atoms with van der Waals surface area (Å²) in [5.74, 6) is 0.510. The maximum atomic E-state index is 14.4. The zero-order chi connectivity index (χ0) is 18.8. The van der Waals surface area contributed by atoms with Crippen molar-refractivity contribution in [2.75, 3.05) is 25.0 Å². The minimum atomic E-state index is -0.255. The lowest BCUT2D eigenvalue weighted by atomic mass is 10.0. The summed E-state index contributed by atoms with van der Waals surface area (Å²) in [5, 5.41) is 7.69. The predicted octanol–water partition coefficient (Wildman–Crippen LogP) is 4.12. The van der Waals surface area contributed by atoms with Crippen molar-refractivity contribution in [2.45, 2.75) is 26.2 Å². The van der Waals surface area contributed by atoms with E-state index in [0.29, 0.717) is 16.8 Å². The number of aromatic nitrogens is 3. The Kier molecular flexibility index (Phi) is 4.79. The number of allylic oxidation sites excluding steroid dienone is 1. The van der Waals surface area contributed by atoms with Crippen molar-refractivity contribution >= 4 is 11.5 Å². The molecule has 140 valence electrons. The third-order valence-corrected chi connectivity index (χ3v) is 5.13. The Bertz CT molecular complexity index is 978. The van der Waals surface area contributed by atoms with E-state index in [-0.39, 0.29) is 5.82 Å². The number of nitrogens with zero attached hydrogens (tertiary/aromatic N) is 4. The molecule has 0 radical (unpaired) electrons. The number of hydrogen-bond acceptors (Lipinski definition) is 4. The molecule has 27 heavy (non-hydrogen) atoms. The smallest absolute Gasteiger partial charge is 0.165 e.